The highest BCUT2D eigenvalue weighted by molar-refractivity contribution is 5.88. The van der Waals surface area contributed by atoms with Gasteiger partial charge in [-0.15, -0.1) is 0 Å². The van der Waals surface area contributed by atoms with Crippen molar-refractivity contribution in [3.8, 4) is 0 Å². The SMILES string of the molecule is Cc1cc2nc(CN(C)C(=O)C3CC(=O)OC34CCCC4)[nH]c2cc1C. The molecule has 2 heterocycles. The number of aromatic amines is 1. The molecule has 2 aromatic rings. The fraction of sp³-hybridized carbons (Fsp3) is 0.550. The van der Waals surface area contributed by atoms with E-state index >= 15 is 0 Å². The number of nitrogens with zero attached hydrogens (tertiary/aromatic N) is 2. The first-order valence-corrected chi connectivity index (χ1v) is 9.31. The van der Waals surface area contributed by atoms with E-state index in [9.17, 15) is 9.59 Å². The first-order valence-electron chi connectivity index (χ1n) is 9.31. The second-order valence-corrected chi connectivity index (χ2v) is 7.83. The average Bonchev–Trinajstić information content (AvgIpc) is 3.27. The van der Waals surface area contributed by atoms with Crippen LogP contribution in [0.5, 0.6) is 0 Å². The Morgan fingerprint density at radius 2 is 2.00 bits per heavy atom. The van der Waals surface area contributed by atoms with E-state index in [0.29, 0.717) is 6.54 Å². The average molecular weight is 355 g/mol. The summed E-state index contributed by atoms with van der Waals surface area (Å²) in [5, 5.41) is 0. The summed E-state index contributed by atoms with van der Waals surface area (Å²) >= 11 is 0. The first-order chi connectivity index (χ1) is 12.4. The summed E-state index contributed by atoms with van der Waals surface area (Å²) in [6, 6.07) is 4.14. The molecule has 1 aromatic heterocycles. The molecule has 4 rings (SSSR count). The topological polar surface area (TPSA) is 75.3 Å². The van der Waals surface area contributed by atoms with Crippen molar-refractivity contribution in [1.82, 2.24) is 14.9 Å². The van der Waals surface area contributed by atoms with E-state index in [1.165, 1.54) is 11.1 Å². The molecular formula is C20H25N3O3. The van der Waals surface area contributed by atoms with E-state index in [4.69, 9.17) is 4.74 Å². The summed E-state index contributed by atoms with van der Waals surface area (Å²) < 4.78 is 5.61. The number of ether oxygens (including phenoxy) is 1. The van der Waals surface area contributed by atoms with Crippen molar-refractivity contribution in [2.24, 2.45) is 5.92 Å². The maximum atomic E-state index is 13.0. The van der Waals surface area contributed by atoms with Crippen LogP contribution >= 0.6 is 0 Å². The fourth-order valence-electron chi connectivity index (χ4n) is 4.39. The summed E-state index contributed by atoms with van der Waals surface area (Å²) in [4.78, 5) is 34.5. The number of esters is 1. The smallest absolute Gasteiger partial charge is 0.307 e. The number of nitrogens with one attached hydrogen (secondary N) is 1. The molecule has 1 amide bonds. The number of benzene rings is 1. The van der Waals surface area contributed by atoms with Gasteiger partial charge in [0.2, 0.25) is 5.91 Å². The number of H-pyrrole nitrogens is 1. The minimum Gasteiger partial charge on any atom is -0.458 e. The normalized spacial score (nSPS) is 21.5. The van der Waals surface area contributed by atoms with Gasteiger partial charge in [-0.2, -0.15) is 0 Å². The fourth-order valence-corrected chi connectivity index (χ4v) is 4.39. The van der Waals surface area contributed by atoms with Gasteiger partial charge in [-0.1, -0.05) is 0 Å². The minimum atomic E-state index is -0.565. The molecule has 1 aromatic carbocycles. The molecule has 1 spiro atoms. The van der Waals surface area contributed by atoms with Crippen molar-refractivity contribution >= 4 is 22.9 Å². The number of rotatable bonds is 3. The molecule has 1 saturated heterocycles. The third-order valence-electron chi connectivity index (χ3n) is 5.98. The minimum absolute atomic E-state index is 0.0226. The van der Waals surface area contributed by atoms with E-state index in [0.717, 1.165) is 42.5 Å². The Morgan fingerprint density at radius 1 is 1.31 bits per heavy atom. The number of imidazole rings is 1. The Labute approximate surface area is 152 Å². The van der Waals surface area contributed by atoms with Gasteiger partial charge >= 0.3 is 5.97 Å². The van der Waals surface area contributed by atoms with E-state index in [-0.39, 0.29) is 24.2 Å². The Kier molecular flexibility index (Phi) is 4.01. The van der Waals surface area contributed by atoms with Gasteiger partial charge in [0.15, 0.2) is 0 Å². The predicted octanol–water partition coefficient (Wildman–Crippen LogP) is 3.01. The van der Waals surface area contributed by atoms with Crippen LogP contribution < -0.4 is 0 Å². The van der Waals surface area contributed by atoms with Crippen LogP contribution in [0.15, 0.2) is 12.1 Å². The third kappa shape index (κ3) is 2.77. The zero-order chi connectivity index (χ0) is 18.5. The standard InChI is InChI=1S/C20H25N3O3/c1-12-8-15-16(9-13(12)2)22-17(21-15)11-23(3)19(25)14-10-18(24)26-20(14)6-4-5-7-20/h8-9,14H,4-7,10-11H2,1-3H3,(H,21,22). The van der Waals surface area contributed by atoms with Crippen molar-refractivity contribution in [3.05, 3.63) is 29.1 Å². The second kappa shape index (κ2) is 6.11. The van der Waals surface area contributed by atoms with Crippen LogP contribution in [-0.4, -0.2) is 39.4 Å². The Hall–Kier alpha value is -2.37. The molecule has 1 aliphatic heterocycles. The van der Waals surface area contributed by atoms with Gasteiger partial charge < -0.3 is 14.6 Å². The third-order valence-corrected chi connectivity index (χ3v) is 5.98. The summed E-state index contributed by atoms with van der Waals surface area (Å²) in [5.41, 5.74) is 3.74. The highest BCUT2D eigenvalue weighted by Gasteiger charge is 2.54. The molecule has 26 heavy (non-hydrogen) atoms. The van der Waals surface area contributed by atoms with E-state index < -0.39 is 5.60 Å². The van der Waals surface area contributed by atoms with Crippen LogP contribution in [0.4, 0.5) is 0 Å². The number of aryl methyl sites for hydroxylation is 2. The molecular weight excluding hydrogens is 330 g/mol. The van der Waals surface area contributed by atoms with Gasteiger partial charge in [-0.05, 0) is 62.8 Å². The molecule has 1 N–H and O–H groups in total. The summed E-state index contributed by atoms with van der Waals surface area (Å²) in [6.45, 7) is 4.53. The number of amides is 1. The van der Waals surface area contributed by atoms with Crippen LogP contribution in [0.1, 0.15) is 49.1 Å². The van der Waals surface area contributed by atoms with E-state index in [1.807, 2.05) is 0 Å². The maximum absolute atomic E-state index is 13.0. The van der Waals surface area contributed by atoms with Gasteiger partial charge in [0, 0.05) is 7.05 Å². The lowest BCUT2D eigenvalue weighted by Crippen LogP contribution is -2.43. The molecule has 138 valence electrons. The van der Waals surface area contributed by atoms with Gasteiger partial charge in [-0.25, -0.2) is 4.98 Å². The first kappa shape index (κ1) is 17.1. The lowest BCUT2D eigenvalue weighted by atomic mass is 9.84. The van der Waals surface area contributed by atoms with Crippen LogP contribution in [0.3, 0.4) is 0 Å². The molecule has 6 heteroatoms. The van der Waals surface area contributed by atoms with Crippen LogP contribution in [0, 0.1) is 19.8 Å². The van der Waals surface area contributed by atoms with E-state index in [2.05, 4.69) is 35.9 Å². The van der Waals surface area contributed by atoms with Crippen LogP contribution in [0.25, 0.3) is 11.0 Å². The number of hydrogen-bond acceptors (Lipinski definition) is 4. The van der Waals surface area contributed by atoms with Crippen LogP contribution in [-0.2, 0) is 20.9 Å². The zero-order valence-corrected chi connectivity index (χ0v) is 15.6. The summed E-state index contributed by atoms with van der Waals surface area (Å²) in [5.74, 6) is 0.127. The van der Waals surface area contributed by atoms with Gasteiger partial charge in [0.05, 0.1) is 29.9 Å². The number of aromatic nitrogens is 2. The van der Waals surface area contributed by atoms with Crippen LogP contribution in [0.2, 0.25) is 0 Å². The maximum Gasteiger partial charge on any atom is 0.307 e. The lowest BCUT2D eigenvalue weighted by molar-refractivity contribution is -0.151. The molecule has 1 saturated carbocycles. The number of carbonyl (C=O) groups excluding carboxylic acids is 2. The zero-order valence-electron chi connectivity index (χ0n) is 15.6. The lowest BCUT2D eigenvalue weighted by Gasteiger charge is -2.30. The number of fused-ring (bicyclic) bond motifs is 1. The quantitative estimate of drug-likeness (QED) is 0.859. The summed E-state index contributed by atoms with van der Waals surface area (Å²) in [6.07, 6.45) is 3.83. The molecule has 1 unspecified atom stereocenters. The van der Waals surface area contributed by atoms with Crippen molar-refractivity contribution in [1.29, 1.82) is 0 Å². The Balaban J connectivity index is 1.53. The molecule has 1 aliphatic carbocycles. The molecule has 2 aliphatic rings. The Bertz CT molecular complexity index is 841. The monoisotopic (exact) mass is 355 g/mol. The van der Waals surface area contributed by atoms with Crippen molar-refractivity contribution in [2.45, 2.75) is 58.1 Å². The van der Waals surface area contributed by atoms with Crippen molar-refractivity contribution in [2.75, 3.05) is 7.05 Å². The van der Waals surface area contributed by atoms with Gasteiger partial charge in [0.1, 0.15) is 11.4 Å². The Morgan fingerprint density at radius 3 is 2.73 bits per heavy atom. The van der Waals surface area contributed by atoms with Crippen molar-refractivity contribution in [3.63, 3.8) is 0 Å². The van der Waals surface area contributed by atoms with Gasteiger partial charge in [-0.3, -0.25) is 9.59 Å². The number of carbonyl (C=O) groups is 2. The molecule has 6 nitrogen and oxygen atoms in total. The summed E-state index contributed by atoms with van der Waals surface area (Å²) in [7, 11) is 1.78. The predicted molar refractivity (Wildman–Crippen MR) is 97.4 cm³/mol. The molecule has 2 fully saturated rings. The second-order valence-electron chi connectivity index (χ2n) is 7.83. The highest BCUT2D eigenvalue weighted by atomic mass is 16.6. The molecule has 0 radical (unpaired) electrons. The number of hydrogen-bond donors (Lipinski definition) is 1. The molecule has 0 bridgehead atoms. The largest absolute Gasteiger partial charge is 0.458 e. The van der Waals surface area contributed by atoms with Gasteiger partial charge in [0.25, 0.3) is 0 Å². The molecule has 1 atom stereocenters. The van der Waals surface area contributed by atoms with E-state index in [1.54, 1.807) is 11.9 Å². The van der Waals surface area contributed by atoms with Crippen molar-refractivity contribution < 1.29 is 14.3 Å². The highest BCUT2D eigenvalue weighted by Crippen LogP contribution is 2.46.